The number of hydrogen-bond donors (Lipinski definition) is 1. The fourth-order valence-electron chi connectivity index (χ4n) is 2.31. The molecule has 4 heteroatoms. The van der Waals surface area contributed by atoms with Gasteiger partial charge >= 0.3 is 0 Å². The summed E-state index contributed by atoms with van der Waals surface area (Å²) in [6.45, 7) is 2.94. The second kappa shape index (κ2) is 4.78. The summed E-state index contributed by atoms with van der Waals surface area (Å²) in [6.07, 6.45) is 6.01. The van der Waals surface area contributed by atoms with Crippen LogP contribution in [0.5, 0.6) is 0 Å². The predicted molar refractivity (Wildman–Crippen MR) is 62.5 cm³/mol. The third-order valence-electron chi connectivity index (χ3n) is 3.16. The van der Waals surface area contributed by atoms with Crippen LogP contribution in [0.4, 0.5) is 0 Å². The summed E-state index contributed by atoms with van der Waals surface area (Å²) in [6, 6.07) is 0.362. The van der Waals surface area contributed by atoms with Crippen molar-refractivity contribution >= 4 is 5.78 Å². The van der Waals surface area contributed by atoms with Gasteiger partial charge in [-0.1, -0.05) is 6.42 Å². The monoisotopic (exact) mass is 221 g/mol. The summed E-state index contributed by atoms with van der Waals surface area (Å²) >= 11 is 0. The van der Waals surface area contributed by atoms with Crippen molar-refractivity contribution in [3.63, 3.8) is 0 Å². The first kappa shape index (κ1) is 11.3. The van der Waals surface area contributed by atoms with Gasteiger partial charge < -0.3 is 5.32 Å². The van der Waals surface area contributed by atoms with Crippen LogP contribution in [0.1, 0.15) is 41.7 Å². The van der Waals surface area contributed by atoms with Crippen LogP contribution in [0, 0.1) is 6.92 Å². The average Bonchev–Trinajstić information content (AvgIpc) is 2.59. The maximum Gasteiger partial charge on any atom is 0.167 e. The minimum absolute atomic E-state index is 0.213. The largest absolute Gasteiger partial charge is 0.314 e. The number of aromatic nitrogens is 2. The number of hydrogen-bond acceptors (Lipinski definition) is 3. The first-order valence-corrected chi connectivity index (χ1v) is 5.93. The van der Waals surface area contributed by atoms with Gasteiger partial charge in [0.2, 0.25) is 0 Å². The van der Waals surface area contributed by atoms with Crippen molar-refractivity contribution < 1.29 is 4.79 Å². The van der Waals surface area contributed by atoms with E-state index in [1.807, 2.05) is 20.2 Å². The van der Waals surface area contributed by atoms with Crippen LogP contribution in [0.3, 0.4) is 0 Å². The van der Waals surface area contributed by atoms with Crippen LogP contribution in [-0.2, 0) is 7.05 Å². The Bertz CT molecular complexity index is 378. The lowest BCUT2D eigenvalue weighted by Crippen LogP contribution is -2.35. The molecule has 0 amide bonds. The molecule has 1 atom stereocenters. The molecule has 0 radical (unpaired) electrons. The Kier molecular flexibility index (Phi) is 3.39. The lowest BCUT2D eigenvalue weighted by atomic mass is 9.97. The molecule has 1 saturated heterocycles. The van der Waals surface area contributed by atoms with Gasteiger partial charge in [0, 0.05) is 25.7 Å². The molecule has 0 aromatic carbocycles. The number of carbonyl (C=O) groups excluding carboxylic acids is 1. The van der Waals surface area contributed by atoms with Crippen LogP contribution in [0.2, 0.25) is 0 Å². The predicted octanol–water partition coefficient (Wildman–Crippen LogP) is 1.44. The molecular weight excluding hydrogens is 202 g/mol. The third kappa shape index (κ3) is 2.50. The number of rotatable bonds is 3. The molecule has 0 saturated carbocycles. The Labute approximate surface area is 96.0 Å². The molecule has 1 aromatic rings. The standard InChI is InChI=1S/C12H19N3O/c1-9-11(8-15(2)14-9)12(16)7-10-5-3-4-6-13-10/h8,10,13H,3-7H2,1-2H3. The highest BCUT2D eigenvalue weighted by Crippen LogP contribution is 2.15. The third-order valence-corrected chi connectivity index (χ3v) is 3.16. The van der Waals surface area contributed by atoms with Crippen LogP contribution >= 0.6 is 0 Å². The lowest BCUT2D eigenvalue weighted by Gasteiger charge is -2.22. The molecule has 0 aliphatic carbocycles. The highest BCUT2D eigenvalue weighted by Gasteiger charge is 2.19. The summed E-state index contributed by atoms with van der Waals surface area (Å²) in [5.74, 6) is 0.213. The molecule has 1 fully saturated rings. The van der Waals surface area contributed by atoms with Gasteiger partial charge in [-0.15, -0.1) is 0 Å². The van der Waals surface area contributed by atoms with Crippen LogP contribution < -0.4 is 5.32 Å². The second-order valence-corrected chi connectivity index (χ2v) is 4.58. The quantitative estimate of drug-likeness (QED) is 0.786. The topological polar surface area (TPSA) is 46.9 Å². The maximum atomic E-state index is 12.1. The number of nitrogens with one attached hydrogen (secondary N) is 1. The Hall–Kier alpha value is -1.16. The van der Waals surface area contributed by atoms with Crippen LogP contribution in [0.25, 0.3) is 0 Å². The molecule has 1 aliphatic rings. The molecule has 88 valence electrons. The van der Waals surface area contributed by atoms with E-state index in [1.165, 1.54) is 12.8 Å². The van der Waals surface area contributed by atoms with E-state index in [2.05, 4.69) is 10.4 Å². The molecular formula is C12H19N3O. The summed E-state index contributed by atoms with van der Waals surface area (Å²) < 4.78 is 1.71. The number of carbonyl (C=O) groups is 1. The molecule has 0 spiro atoms. The maximum absolute atomic E-state index is 12.1. The van der Waals surface area contributed by atoms with Gasteiger partial charge in [0.05, 0.1) is 11.3 Å². The SMILES string of the molecule is Cc1nn(C)cc1C(=O)CC1CCCCN1. The summed E-state index contributed by atoms with van der Waals surface area (Å²) in [4.78, 5) is 12.1. The van der Waals surface area contributed by atoms with E-state index in [0.29, 0.717) is 12.5 Å². The van der Waals surface area contributed by atoms with Crippen molar-refractivity contribution in [2.45, 2.75) is 38.6 Å². The Morgan fingerprint density at radius 1 is 1.62 bits per heavy atom. The molecule has 4 nitrogen and oxygen atoms in total. The Balaban J connectivity index is 1.99. The van der Waals surface area contributed by atoms with Crippen LogP contribution in [0.15, 0.2) is 6.20 Å². The van der Waals surface area contributed by atoms with Crippen molar-refractivity contribution in [2.75, 3.05) is 6.54 Å². The van der Waals surface area contributed by atoms with Gasteiger partial charge in [0.15, 0.2) is 5.78 Å². The average molecular weight is 221 g/mol. The fourth-order valence-corrected chi connectivity index (χ4v) is 2.31. The van der Waals surface area contributed by atoms with E-state index >= 15 is 0 Å². The summed E-state index contributed by atoms with van der Waals surface area (Å²) in [5, 5.41) is 7.60. The van der Waals surface area contributed by atoms with E-state index in [0.717, 1.165) is 24.2 Å². The van der Waals surface area contributed by atoms with Gasteiger partial charge in [-0.2, -0.15) is 5.10 Å². The molecule has 1 aromatic heterocycles. The number of Topliss-reactive ketones (excluding diaryl/α,β-unsaturated/α-hetero) is 1. The first-order valence-electron chi connectivity index (χ1n) is 5.93. The minimum atomic E-state index is 0.213. The van der Waals surface area contributed by atoms with Gasteiger partial charge in [0.25, 0.3) is 0 Å². The number of ketones is 1. The van der Waals surface area contributed by atoms with Crippen molar-refractivity contribution in [1.29, 1.82) is 0 Å². The van der Waals surface area contributed by atoms with E-state index in [1.54, 1.807) is 4.68 Å². The van der Waals surface area contributed by atoms with Gasteiger partial charge in [0.1, 0.15) is 0 Å². The molecule has 2 rings (SSSR count). The first-order chi connectivity index (χ1) is 7.66. The van der Waals surface area contributed by atoms with Gasteiger partial charge in [-0.25, -0.2) is 0 Å². The summed E-state index contributed by atoms with van der Waals surface area (Å²) in [7, 11) is 1.85. The molecule has 1 aliphatic heterocycles. The fraction of sp³-hybridized carbons (Fsp3) is 0.667. The zero-order chi connectivity index (χ0) is 11.5. The Morgan fingerprint density at radius 2 is 2.44 bits per heavy atom. The van der Waals surface area contributed by atoms with Crippen molar-refractivity contribution in [1.82, 2.24) is 15.1 Å². The molecule has 0 bridgehead atoms. The van der Waals surface area contributed by atoms with Crippen molar-refractivity contribution in [3.05, 3.63) is 17.5 Å². The Morgan fingerprint density at radius 3 is 3.00 bits per heavy atom. The second-order valence-electron chi connectivity index (χ2n) is 4.58. The number of aryl methyl sites for hydroxylation is 2. The van der Waals surface area contributed by atoms with E-state index in [9.17, 15) is 4.79 Å². The van der Waals surface area contributed by atoms with Crippen molar-refractivity contribution in [3.8, 4) is 0 Å². The zero-order valence-corrected chi connectivity index (χ0v) is 9.99. The van der Waals surface area contributed by atoms with E-state index < -0.39 is 0 Å². The molecule has 2 heterocycles. The number of nitrogens with zero attached hydrogens (tertiary/aromatic N) is 2. The van der Waals surface area contributed by atoms with Crippen LogP contribution in [-0.4, -0.2) is 28.2 Å². The van der Waals surface area contributed by atoms with Gasteiger partial charge in [-0.3, -0.25) is 9.48 Å². The van der Waals surface area contributed by atoms with E-state index in [4.69, 9.17) is 0 Å². The number of piperidine rings is 1. The smallest absolute Gasteiger partial charge is 0.167 e. The molecule has 1 N–H and O–H groups in total. The highest BCUT2D eigenvalue weighted by molar-refractivity contribution is 5.97. The molecule has 1 unspecified atom stereocenters. The summed E-state index contributed by atoms with van der Waals surface area (Å²) in [5.41, 5.74) is 1.61. The molecule has 16 heavy (non-hydrogen) atoms. The minimum Gasteiger partial charge on any atom is -0.314 e. The normalized spacial score (nSPS) is 21.0. The van der Waals surface area contributed by atoms with Gasteiger partial charge in [-0.05, 0) is 26.3 Å². The lowest BCUT2D eigenvalue weighted by molar-refractivity contribution is 0.0963. The zero-order valence-electron chi connectivity index (χ0n) is 9.99. The highest BCUT2D eigenvalue weighted by atomic mass is 16.1. The van der Waals surface area contributed by atoms with E-state index in [-0.39, 0.29) is 5.78 Å². The van der Waals surface area contributed by atoms with Crippen molar-refractivity contribution in [2.24, 2.45) is 7.05 Å².